The van der Waals surface area contributed by atoms with Crippen LogP contribution in [-0.4, -0.2) is 27.9 Å². The largest absolute Gasteiger partial charge is 0.491 e. The average Bonchev–Trinajstić information content (AvgIpc) is 2.70. The van der Waals surface area contributed by atoms with Gasteiger partial charge in [-0.1, -0.05) is 26.0 Å². The Morgan fingerprint density at radius 3 is 2.94 bits per heavy atom. The van der Waals surface area contributed by atoms with Gasteiger partial charge in [-0.2, -0.15) is 5.10 Å². The summed E-state index contributed by atoms with van der Waals surface area (Å²) in [6.45, 7) is 4.69. The Hall–Kier alpha value is -2.04. The van der Waals surface area contributed by atoms with E-state index < -0.39 is 5.97 Å². The fourth-order valence-corrected chi connectivity index (χ4v) is 1.56. The van der Waals surface area contributed by atoms with Crippen LogP contribution in [0.1, 0.15) is 24.3 Å². The first-order valence-corrected chi connectivity index (χ1v) is 5.42. The third kappa shape index (κ3) is 2.22. The smallest absolute Gasteiger partial charge is 0.357 e. The topological polar surface area (TPSA) is 75.2 Å². The molecule has 5 nitrogen and oxygen atoms in total. The molecule has 0 amide bonds. The zero-order valence-corrected chi connectivity index (χ0v) is 9.73. The molecule has 0 aliphatic carbocycles. The number of carboxylic acids is 1. The van der Waals surface area contributed by atoms with E-state index >= 15 is 0 Å². The molecule has 0 spiro atoms. The van der Waals surface area contributed by atoms with Crippen LogP contribution >= 0.6 is 0 Å². The van der Waals surface area contributed by atoms with Crippen LogP contribution in [0.3, 0.4) is 0 Å². The molecule has 1 heterocycles. The third-order valence-electron chi connectivity index (χ3n) is 2.34. The molecule has 17 heavy (non-hydrogen) atoms. The van der Waals surface area contributed by atoms with Gasteiger partial charge in [0.2, 0.25) is 0 Å². The van der Waals surface area contributed by atoms with E-state index in [1.807, 2.05) is 0 Å². The second-order valence-electron chi connectivity index (χ2n) is 4.26. The monoisotopic (exact) mass is 234 g/mol. The number of hydrogen-bond donors (Lipinski definition) is 2. The number of aromatic carboxylic acids is 1. The van der Waals surface area contributed by atoms with Gasteiger partial charge in [0.1, 0.15) is 11.3 Å². The normalized spacial score (nSPS) is 11.0. The number of carboxylic acid groups (broad SMARTS) is 1. The van der Waals surface area contributed by atoms with E-state index in [4.69, 9.17) is 9.84 Å². The first-order valence-electron chi connectivity index (χ1n) is 5.42. The maximum absolute atomic E-state index is 10.9. The van der Waals surface area contributed by atoms with E-state index in [1.165, 1.54) is 0 Å². The number of benzene rings is 1. The maximum Gasteiger partial charge on any atom is 0.357 e. The molecule has 0 atom stereocenters. The molecule has 0 radical (unpaired) electrons. The molecule has 2 rings (SSSR count). The number of carbonyl (C=O) groups is 1. The van der Waals surface area contributed by atoms with Crippen molar-refractivity contribution in [3.63, 3.8) is 0 Å². The van der Waals surface area contributed by atoms with Crippen LogP contribution in [0.15, 0.2) is 18.2 Å². The summed E-state index contributed by atoms with van der Waals surface area (Å²) in [7, 11) is 0. The summed E-state index contributed by atoms with van der Waals surface area (Å²) in [5.74, 6) is 0.000538. The summed E-state index contributed by atoms with van der Waals surface area (Å²) < 4.78 is 5.61. The van der Waals surface area contributed by atoms with Crippen molar-refractivity contribution in [1.82, 2.24) is 10.2 Å². The highest BCUT2D eigenvalue weighted by molar-refractivity contribution is 6.02. The number of aromatic nitrogens is 2. The van der Waals surface area contributed by atoms with Gasteiger partial charge in [0.25, 0.3) is 0 Å². The summed E-state index contributed by atoms with van der Waals surface area (Å²) in [4.78, 5) is 10.9. The number of H-pyrrole nitrogens is 1. The summed E-state index contributed by atoms with van der Waals surface area (Å²) >= 11 is 0. The van der Waals surface area contributed by atoms with Crippen molar-refractivity contribution in [2.75, 3.05) is 6.61 Å². The molecule has 0 aliphatic rings. The van der Waals surface area contributed by atoms with E-state index in [0.29, 0.717) is 29.2 Å². The van der Waals surface area contributed by atoms with Crippen LogP contribution in [-0.2, 0) is 0 Å². The van der Waals surface area contributed by atoms with Crippen molar-refractivity contribution < 1.29 is 14.6 Å². The van der Waals surface area contributed by atoms with Gasteiger partial charge in [-0.15, -0.1) is 0 Å². The minimum atomic E-state index is -1.04. The van der Waals surface area contributed by atoms with E-state index in [-0.39, 0.29) is 5.69 Å². The van der Waals surface area contributed by atoms with Gasteiger partial charge in [-0.25, -0.2) is 4.79 Å². The van der Waals surface area contributed by atoms with Crippen molar-refractivity contribution in [3.05, 3.63) is 23.9 Å². The lowest BCUT2D eigenvalue weighted by molar-refractivity contribution is 0.0692. The Kier molecular flexibility index (Phi) is 2.99. The Bertz CT molecular complexity index is 546. The molecular formula is C12H14N2O3. The van der Waals surface area contributed by atoms with Crippen LogP contribution in [0, 0.1) is 5.92 Å². The third-order valence-corrected chi connectivity index (χ3v) is 2.34. The number of nitrogens with one attached hydrogen (secondary N) is 1. The first kappa shape index (κ1) is 11.4. The van der Waals surface area contributed by atoms with E-state index in [0.717, 1.165) is 0 Å². The lowest BCUT2D eigenvalue weighted by atomic mass is 10.2. The van der Waals surface area contributed by atoms with Crippen molar-refractivity contribution in [3.8, 4) is 5.75 Å². The molecule has 0 fully saturated rings. The van der Waals surface area contributed by atoms with Gasteiger partial charge < -0.3 is 9.84 Å². The maximum atomic E-state index is 10.9. The lowest BCUT2D eigenvalue weighted by Gasteiger charge is -2.08. The van der Waals surface area contributed by atoms with Crippen molar-refractivity contribution in [2.45, 2.75) is 13.8 Å². The predicted molar refractivity (Wildman–Crippen MR) is 63.4 cm³/mol. The molecule has 2 aromatic rings. The molecule has 1 aromatic carbocycles. The van der Waals surface area contributed by atoms with Crippen LogP contribution < -0.4 is 4.74 Å². The summed E-state index contributed by atoms with van der Waals surface area (Å²) in [6.07, 6.45) is 0. The Balaban J connectivity index is 2.41. The van der Waals surface area contributed by atoms with Crippen LogP contribution in [0.25, 0.3) is 10.9 Å². The second kappa shape index (κ2) is 4.45. The number of nitrogens with zero attached hydrogens (tertiary/aromatic N) is 1. The predicted octanol–water partition coefficient (Wildman–Crippen LogP) is 2.30. The van der Waals surface area contributed by atoms with E-state index in [9.17, 15) is 4.79 Å². The standard InChI is InChI=1S/C12H14N2O3/c1-7(2)6-17-9-5-3-4-8-10(9)13-14-11(8)12(15)16/h3-5,7H,6H2,1-2H3,(H,13,14)(H,15,16). The van der Waals surface area contributed by atoms with Gasteiger partial charge in [-0.3, -0.25) is 5.10 Å². The zero-order chi connectivity index (χ0) is 12.4. The lowest BCUT2D eigenvalue weighted by Crippen LogP contribution is -2.04. The Labute approximate surface area is 98.4 Å². The summed E-state index contributed by atoms with van der Waals surface area (Å²) in [5, 5.41) is 16.0. The van der Waals surface area contributed by atoms with Gasteiger partial charge >= 0.3 is 5.97 Å². The van der Waals surface area contributed by atoms with Crippen molar-refractivity contribution in [1.29, 1.82) is 0 Å². The highest BCUT2D eigenvalue weighted by Crippen LogP contribution is 2.26. The van der Waals surface area contributed by atoms with Gasteiger partial charge in [0.05, 0.1) is 6.61 Å². The molecule has 0 saturated carbocycles. The van der Waals surface area contributed by atoms with Gasteiger partial charge in [0, 0.05) is 5.39 Å². The number of para-hydroxylation sites is 1. The summed E-state index contributed by atoms with van der Waals surface area (Å²) in [6, 6.07) is 5.28. The highest BCUT2D eigenvalue weighted by Gasteiger charge is 2.15. The molecule has 0 bridgehead atoms. The van der Waals surface area contributed by atoms with Crippen molar-refractivity contribution in [2.24, 2.45) is 5.92 Å². The second-order valence-corrected chi connectivity index (χ2v) is 4.26. The number of aromatic amines is 1. The Morgan fingerprint density at radius 1 is 1.53 bits per heavy atom. The Morgan fingerprint density at radius 2 is 2.29 bits per heavy atom. The number of fused-ring (bicyclic) bond motifs is 1. The summed E-state index contributed by atoms with van der Waals surface area (Å²) in [5.41, 5.74) is 0.653. The molecule has 0 unspecified atom stereocenters. The quantitative estimate of drug-likeness (QED) is 0.851. The minimum Gasteiger partial charge on any atom is -0.491 e. The number of rotatable bonds is 4. The van der Waals surface area contributed by atoms with E-state index in [1.54, 1.807) is 18.2 Å². The van der Waals surface area contributed by atoms with Gasteiger partial charge in [-0.05, 0) is 12.0 Å². The van der Waals surface area contributed by atoms with Crippen LogP contribution in [0.2, 0.25) is 0 Å². The zero-order valence-electron chi connectivity index (χ0n) is 9.73. The first-order chi connectivity index (χ1) is 8.09. The van der Waals surface area contributed by atoms with Crippen LogP contribution in [0.5, 0.6) is 5.75 Å². The molecule has 90 valence electrons. The molecule has 0 aliphatic heterocycles. The molecule has 5 heteroatoms. The molecule has 2 N–H and O–H groups in total. The average molecular weight is 234 g/mol. The van der Waals surface area contributed by atoms with Crippen LogP contribution in [0.4, 0.5) is 0 Å². The number of ether oxygens (including phenoxy) is 1. The highest BCUT2D eigenvalue weighted by atomic mass is 16.5. The molecule has 0 saturated heterocycles. The number of hydrogen-bond acceptors (Lipinski definition) is 3. The van der Waals surface area contributed by atoms with E-state index in [2.05, 4.69) is 24.0 Å². The molecular weight excluding hydrogens is 220 g/mol. The van der Waals surface area contributed by atoms with Crippen molar-refractivity contribution >= 4 is 16.9 Å². The van der Waals surface area contributed by atoms with Gasteiger partial charge in [0.15, 0.2) is 5.69 Å². The molecule has 1 aromatic heterocycles. The fourth-order valence-electron chi connectivity index (χ4n) is 1.56. The minimum absolute atomic E-state index is 0.0231. The fraction of sp³-hybridized carbons (Fsp3) is 0.333. The SMILES string of the molecule is CC(C)COc1cccc2c(C(=O)O)n[nH]c12.